The minimum atomic E-state index is -0.596. The van der Waals surface area contributed by atoms with Gasteiger partial charge >= 0.3 is 0 Å². The molecule has 1 fully saturated rings. The van der Waals surface area contributed by atoms with Crippen molar-refractivity contribution in [2.45, 2.75) is 39.2 Å². The largest absolute Gasteiger partial charge is 0.295 e. The summed E-state index contributed by atoms with van der Waals surface area (Å²) in [6, 6.07) is 0. The lowest BCUT2D eigenvalue weighted by atomic mass is 10.0. The molecular weight excluding hydrogens is 180 g/mol. The molecule has 0 saturated carbocycles. The molecule has 1 saturated heterocycles. The van der Waals surface area contributed by atoms with Crippen LogP contribution in [0.25, 0.3) is 0 Å². The molecule has 80 valence electrons. The maximum Gasteiger partial charge on any atom is 0.248 e. The molecule has 1 heterocycles. The van der Waals surface area contributed by atoms with Gasteiger partial charge in [-0.2, -0.15) is 0 Å². The summed E-state index contributed by atoms with van der Waals surface area (Å²) >= 11 is 0. The Morgan fingerprint density at radius 2 is 2.07 bits per heavy atom. The van der Waals surface area contributed by atoms with E-state index in [0.29, 0.717) is 6.54 Å². The van der Waals surface area contributed by atoms with Gasteiger partial charge in [-0.15, -0.1) is 0 Å². The Morgan fingerprint density at radius 3 is 2.64 bits per heavy atom. The Kier molecular flexibility index (Phi) is 3.26. The van der Waals surface area contributed by atoms with Gasteiger partial charge in [0.1, 0.15) is 0 Å². The Labute approximate surface area is 84.7 Å². The number of nitrogens with zero attached hydrogens (tertiary/aromatic N) is 1. The number of rotatable bonds is 3. The van der Waals surface area contributed by atoms with E-state index in [2.05, 4.69) is 5.32 Å². The molecule has 4 nitrogen and oxygen atoms in total. The van der Waals surface area contributed by atoms with Crippen molar-refractivity contribution in [2.75, 3.05) is 13.1 Å². The Bertz CT molecular complexity index is 249. The number of nitrogens with one attached hydrogen (secondary N) is 1. The van der Waals surface area contributed by atoms with Gasteiger partial charge in [0.05, 0.1) is 12.1 Å². The number of amides is 2. The van der Waals surface area contributed by atoms with Gasteiger partial charge in [-0.25, -0.2) is 0 Å². The molecule has 14 heavy (non-hydrogen) atoms. The van der Waals surface area contributed by atoms with Gasteiger partial charge in [0.25, 0.3) is 0 Å². The number of carbonyl (C=O) groups is 2. The molecule has 0 unspecified atom stereocenters. The second kappa shape index (κ2) is 4.09. The highest BCUT2D eigenvalue weighted by atomic mass is 16.2. The van der Waals surface area contributed by atoms with Crippen LogP contribution in [0.3, 0.4) is 0 Å². The normalized spacial score (nSPS) is 21.5. The summed E-state index contributed by atoms with van der Waals surface area (Å²) in [5, 5.41) is 2.92. The van der Waals surface area contributed by atoms with Crippen molar-refractivity contribution in [2.24, 2.45) is 0 Å². The molecule has 0 atom stereocenters. The zero-order valence-electron chi connectivity index (χ0n) is 9.09. The van der Waals surface area contributed by atoms with Crippen LogP contribution in [0.5, 0.6) is 0 Å². The second-order valence-corrected chi connectivity index (χ2v) is 4.18. The van der Waals surface area contributed by atoms with Crippen molar-refractivity contribution in [1.29, 1.82) is 0 Å². The fraction of sp³-hybridized carbons (Fsp3) is 0.800. The lowest BCUT2D eigenvalue weighted by Gasteiger charge is -2.36. The number of piperazine rings is 1. The first kappa shape index (κ1) is 11.2. The molecule has 0 radical (unpaired) electrons. The van der Waals surface area contributed by atoms with Crippen molar-refractivity contribution in [3.8, 4) is 0 Å². The maximum absolute atomic E-state index is 11.8. The highest BCUT2D eigenvalue weighted by Gasteiger charge is 2.39. The van der Waals surface area contributed by atoms with Crippen LogP contribution in [-0.2, 0) is 9.59 Å². The van der Waals surface area contributed by atoms with Crippen LogP contribution in [0, 0.1) is 0 Å². The molecule has 1 aliphatic heterocycles. The standard InChI is InChI=1S/C10H18N2O2/c1-4-5-6-12-8(13)7-11-10(2,3)9(12)14/h11H,4-7H2,1-3H3. The van der Waals surface area contributed by atoms with Crippen molar-refractivity contribution in [3.63, 3.8) is 0 Å². The van der Waals surface area contributed by atoms with Gasteiger partial charge in [0.15, 0.2) is 0 Å². The summed E-state index contributed by atoms with van der Waals surface area (Å²) in [5.41, 5.74) is -0.596. The maximum atomic E-state index is 11.8. The fourth-order valence-electron chi connectivity index (χ4n) is 1.46. The fourth-order valence-corrected chi connectivity index (χ4v) is 1.46. The van der Waals surface area contributed by atoms with Gasteiger partial charge in [0.2, 0.25) is 11.8 Å². The van der Waals surface area contributed by atoms with E-state index in [0.717, 1.165) is 12.8 Å². The van der Waals surface area contributed by atoms with E-state index in [1.807, 2.05) is 6.92 Å². The van der Waals surface area contributed by atoms with Crippen LogP contribution >= 0.6 is 0 Å². The van der Waals surface area contributed by atoms with Crippen molar-refractivity contribution < 1.29 is 9.59 Å². The molecule has 4 heteroatoms. The molecule has 1 rings (SSSR count). The van der Waals surface area contributed by atoms with Crippen LogP contribution in [0.1, 0.15) is 33.6 Å². The van der Waals surface area contributed by atoms with E-state index in [4.69, 9.17) is 0 Å². The number of hydrogen-bond acceptors (Lipinski definition) is 3. The molecular formula is C10H18N2O2. The van der Waals surface area contributed by atoms with Crippen molar-refractivity contribution in [3.05, 3.63) is 0 Å². The zero-order valence-corrected chi connectivity index (χ0v) is 9.09. The van der Waals surface area contributed by atoms with Crippen LogP contribution in [0.4, 0.5) is 0 Å². The second-order valence-electron chi connectivity index (χ2n) is 4.18. The van der Waals surface area contributed by atoms with Crippen LogP contribution < -0.4 is 5.32 Å². The number of imide groups is 1. The van der Waals surface area contributed by atoms with Crippen LogP contribution in [0.2, 0.25) is 0 Å². The van der Waals surface area contributed by atoms with E-state index >= 15 is 0 Å². The van der Waals surface area contributed by atoms with Crippen LogP contribution in [0.15, 0.2) is 0 Å². The zero-order chi connectivity index (χ0) is 10.8. The van der Waals surface area contributed by atoms with E-state index in [1.165, 1.54) is 4.90 Å². The summed E-state index contributed by atoms with van der Waals surface area (Å²) in [7, 11) is 0. The molecule has 1 N–H and O–H groups in total. The summed E-state index contributed by atoms with van der Waals surface area (Å²) in [4.78, 5) is 24.6. The summed E-state index contributed by atoms with van der Waals surface area (Å²) in [6.45, 7) is 6.48. The molecule has 0 bridgehead atoms. The SMILES string of the molecule is CCCCN1C(=O)CNC(C)(C)C1=O. The molecule has 0 spiro atoms. The molecule has 2 amide bonds. The quantitative estimate of drug-likeness (QED) is 0.673. The summed E-state index contributed by atoms with van der Waals surface area (Å²) in [5.74, 6) is -0.218. The third-order valence-corrected chi connectivity index (χ3v) is 2.50. The average Bonchev–Trinajstić information content (AvgIpc) is 2.13. The van der Waals surface area contributed by atoms with Gasteiger partial charge < -0.3 is 0 Å². The summed E-state index contributed by atoms with van der Waals surface area (Å²) < 4.78 is 0. The Hall–Kier alpha value is -0.900. The summed E-state index contributed by atoms with van der Waals surface area (Å²) in [6.07, 6.45) is 1.87. The number of unbranched alkanes of at least 4 members (excludes halogenated alkanes) is 1. The lowest BCUT2D eigenvalue weighted by Crippen LogP contribution is -2.63. The minimum absolute atomic E-state index is 0.109. The van der Waals surface area contributed by atoms with E-state index < -0.39 is 5.54 Å². The molecule has 0 aliphatic carbocycles. The molecule has 0 aromatic heterocycles. The monoisotopic (exact) mass is 198 g/mol. The smallest absolute Gasteiger partial charge is 0.248 e. The predicted octanol–water partition coefficient (Wildman–Crippen LogP) is 0.523. The minimum Gasteiger partial charge on any atom is -0.295 e. The molecule has 1 aliphatic rings. The molecule has 0 aromatic carbocycles. The van der Waals surface area contributed by atoms with E-state index in [-0.39, 0.29) is 18.4 Å². The number of hydrogen-bond donors (Lipinski definition) is 1. The highest BCUT2D eigenvalue weighted by Crippen LogP contribution is 2.13. The van der Waals surface area contributed by atoms with E-state index in [9.17, 15) is 9.59 Å². The average molecular weight is 198 g/mol. The topological polar surface area (TPSA) is 49.4 Å². The van der Waals surface area contributed by atoms with Crippen LogP contribution in [-0.4, -0.2) is 35.3 Å². The van der Waals surface area contributed by atoms with Gasteiger partial charge in [0, 0.05) is 6.54 Å². The van der Waals surface area contributed by atoms with Crippen molar-refractivity contribution >= 4 is 11.8 Å². The number of carbonyl (C=O) groups excluding carboxylic acids is 2. The lowest BCUT2D eigenvalue weighted by molar-refractivity contribution is -0.152. The third kappa shape index (κ3) is 2.12. The Morgan fingerprint density at radius 1 is 1.43 bits per heavy atom. The first-order valence-electron chi connectivity index (χ1n) is 5.09. The van der Waals surface area contributed by atoms with E-state index in [1.54, 1.807) is 13.8 Å². The first-order valence-corrected chi connectivity index (χ1v) is 5.09. The van der Waals surface area contributed by atoms with Gasteiger partial charge in [-0.05, 0) is 20.3 Å². The molecule has 0 aromatic rings. The third-order valence-electron chi connectivity index (χ3n) is 2.50. The Balaban J connectivity index is 2.69. The van der Waals surface area contributed by atoms with Gasteiger partial charge in [-0.1, -0.05) is 13.3 Å². The van der Waals surface area contributed by atoms with Gasteiger partial charge in [-0.3, -0.25) is 19.8 Å². The predicted molar refractivity (Wildman–Crippen MR) is 53.7 cm³/mol. The van der Waals surface area contributed by atoms with Crippen molar-refractivity contribution in [1.82, 2.24) is 10.2 Å². The first-order chi connectivity index (χ1) is 6.49. The highest BCUT2D eigenvalue weighted by molar-refractivity contribution is 6.02.